The van der Waals surface area contributed by atoms with Crippen molar-refractivity contribution in [3.05, 3.63) is 0 Å². The van der Waals surface area contributed by atoms with Gasteiger partial charge in [-0.1, -0.05) is 0 Å². The molecule has 114 valence electrons. The zero-order valence-corrected chi connectivity index (χ0v) is 11.9. The molecule has 2 rings (SSSR count). The lowest BCUT2D eigenvalue weighted by Crippen LogP contribution is -2.49. The van der Waals surface area contributed by atoms with Crippen molar-refractivity contribution >= 4 is 11.8 Å². The average molecular weight is 288 g/mol. The van der Waals surface area contributed by atoms with Crippen LogP contribution in [-0.4, -0.2) is 56.4 Å². The maximum absolute atomic E-state index is 11.9. The number of fused-ring (bicyclic) bond motifs is 1. The number of ether oxygens (including phenoxy) is 4. The average Bonchev–Trinajstić information content (AvgIpc) is 2.83. The van der Waals surface area contributed by atoms with Crippen molar-refractivity contribution in [3.63, 3.8) is 0 Å². The second-order valence-electron chi connectivity index (χ2n) is 5.26. The molecule has 2 unspecified atom stereocenters. The monoisotopic (exact) mass is 288 g/mol. The summed E-state index contributed by atoms with van der Waals surface area (Å²) < 4.78 is 22.2. The number of methoxy groups -OCH3 is 1. The second kappa shape index (κ2) is 5.28. The first-order valence-corrected chi connectivity index (χ1v) is 6.35. The zero-order chi connectivity index (χ0) is 15.1. The number of amides is 2. The molecule has 2 aliphatic rings. The number of primary amides is 1. The van der Waals surface area contributed by atoms with Gasteiger partial charge in [-0.25, -0.2) is 0 Å². The van der Waals surface area contributed by atoms with Crippen LogP contribution >= 0.6 is 0 Å². The molecular formula is C12H20N2O6. The van der Waals surface area contributed by atoms with Gasteiger partial charge in [0.2, 0.25) is 11.8 Å². The molecule has 0 aromatic heterocycles. The van der Waals surface area contributed by atoms with Gasteiger partial charge < -0.3 is 30.0 Å². The first kappa shape index (κ1) is 15.2. The summed E-state index contributed by atoms with van der Waals surface area (Å²) in [4.78, 5) is 23.4. The largest absolute Gasteiger partial charge is 0.369 e. The molecule has 0 spiro atoms. The predicted octanol–water partition coefficient (Wildman–Crippen LogP) is -1.27. The van der Waals surface area contributed by atoms with E-state index in [2.05, 4.69) is 5.32 Å². The zero-order valence-electron chi connectivity index (χ0n) is 11.9. The molecule has 2 heterocycles. The lowest BCUT2D eigenvalue weighted by atomic mass is 9.95. The summed E-state index contributed by atoms with van der Waals surface area (Å²) in [5.74, 6) is -3.30. The molecule has 20 heavy (non-hydrogen) atoms. The quantitative estimate of drug-likeness (QED) is 0.624. The Bertz CT molecular complexity index is 413. The topological polar surface area (TPSA) is 109 Å². The Morgan fingerprint density at radius 2 is 1.90 bits per heavy atom. The van der Waals surface area contributed by atoms with Gasteiger partial charge in [-0.15, -0.1) is 0 Å². The minimum absolute atomic E-state index is 0.508. The number of nitrogens with two attached hydrogens (primary N) is 1. The molecule has 3 N–H and O–H groups in total. The lowest BCUT2D eigenvalue weighted by molar-refractivity contribution is -0.231. The van der Waals surface area contributed by atoms with E-state index in [-0.39, 0.29) is 0 Å². The van der Waals surface area contributed by atoms with Crippen molar-refractivity contribution in [2.24, 2.45) is 11.7 Å². The normalized spacial score (nSPS) is 36.4. The van der Waals surface area contributed by atoms with E-state index in [0.29, 0.717) is 0 Å². The molecule has 2 saturated heterocycles. The summed E-state index contributed by atoms with van der Waals surface area (Å²) in [5, 5.41) is 2.40. The van der Waals surface area contributed by atoms with Crippen molar-refractivity contribution in [1.82, 2.24) is 5.32 Å². The van der Waals surface area contributed by atoms with Gasteiger partial charge in [-0.2, -0.15) is 0 Å². The molecule has 2 amide bonds. The van der Waals surface area contributed by atoms with Gasteiger partial charge in [0, 0.05) is 14.2 Å². The number of nitrogens with one attached hydrogen (secondary N) is 1. The van der Waals surface area contributed by atoms with Crippen LogP contribution in [0.3, 0.4) is 0 Å². The van der Waals surface area contributed by atoms with Crippen molar-refractivity contribution in [2.45, 2.75) is 44.2 Å². The highest BCUT2D eigenvalue weighted by Crippen LogP contribution is 2.41. The second-order valence-corrected chi connectivity index (χ2v) is 5.26. The van der Waals surface area contributed by atoms with Gasteiger partial charge in [0.15, 0.2) is 12.1 Å². The highest BCUT2D eigenvalue weighted by Gasteiger charge is 2.59. The lowest BCUT2D eigenvalue weighted by Gasteiger charge is -2.26. The maximum Gasteiger partial charge on any atom is 0.235 e. The van der Waals surface area contributed by atoms with E-state index in [1.54, 1.807) is 13.8 Å². The van der Waals surface area contributed by atoms with Crippen LogP contribution < -0.4 is 11.1 Å². The van der Waals surface area contributed by atoms with E-state index in [1.165, 1.54) is 14.2 Å². The Kier molecular flexibility index (Phi) is 4.01. The summed E-state index contributed by atoms with van der Waals surface area (Å²) in [6, 6.07) is 0. The van der Waals surface area contributed by atoms with Crippen LogP contribution in [0.5, 0.6) is 0 Å². The highest BCUT2D eigenvalue weighted by molar-refractivity contribution is 6.00. The molecule has 2 fully saturated rings. The third-order valence-corrected chi connectivity index (χ3v) is 3.44. The molecule has 0 radical (unpaired) electrons. The third kappa shape index (κ3) is 2.51. The van der Waals surface area contributed by atoms with E-state index in [4.69, 9.17) is 24.7 Å². The minimum atomic E-state index is -1.16. The number of carbonyl (C=O) groups is 2. The smallest absolute Gasteiger partial charge is 0.235 e. The number of carbonyl (C=O) groups excluding carboxylic acids is 2. The number of hydrogen-bond donors (Lipinski definition) is 2. The van der Waals surface area contributed by atoms with Crippen LogP contribution in [0.25, 0.3) is 0 Å². The fourth-order valence-electron chi connectivity index (χ4n) is 2.65. The van der Waals surface area contributed by atoms with Crippen LogP contribution in [0.1, 0.15) is 13.8 Å². The molecule has 0 saturated carbocycles. The first-order chi connectivity index (χ1) is 9.30. The Labute approximate surface area is 116 Å². The van der Waals surface area contributed by atoms with Crippen LogP contribution in [0.2, 0.25) is 0 Å². The fraction of sp³-hybridized carbons (Fsp3) is 0.833. The van der Waals surface area contributed by atoms with E-state index in [9.17, 15) is 9.59 Å². The molecular weight excluding hydrogens is 268 g/mol. The van der Waals surface area contributed by atoms with Crippen molar-refractivity contribution in [3.8, 4) is 0 Å². The maximum atomic E-state index is 11.9. The van der Waals surface area contributed by atoms with Crippen molar-refractivity contribution in [1.29, 1.82) is 0 Å². The molecule has 8 heteroatoms. The summed E-state index contributed by atoms with van der Waals surface area (Å²) in [6.07, 6.45) is -2.65. The number of rotatable bonds is 4. The third-order valence-electron chi connectivity index (χ3n) is 3.44. The molecule has 0 aliphatic carbocycles. The Morgan fingerprint density at radius 1 is 1.30 bits per heavy atom. The minimum Gasteiger partial charge on any atom is -0.369 e. The number of hydrogen-bond acceptors (Lipinski definition) is 6. The summed E-state index contributed by atoms with van der Waals surface area (Å²) in [7, 11) is 2.88. The SMILES string of the molecule is CNC(=O)C(C(N)=O)[C@H]1OC(OC)[C@@H]2OC(C)(C)O[C@H]12. The van der Waals surface area contributed by atoms with Gasteiger partial charge in [0.05, 0.1) is 0 Å². The van der Waals surface area contributed by atoms with Crippen LogP contribution in [0.15, 0.2) is 0 Å². The van der Waals surface area contributed by atoms with Gasteiger partial charge in [-0.05, 0) is 13.8 Å². The first-order valence-electron chi connectivity index (χ1n) is 6.35. The summed E-state index contributed by atoms with van der Waals surface area (Å²) >= 11 is 0. The standard InChI is InChI=1S/C12H20N2O6/c1-12(2)19-7-6(5(9(13)15)10(16)14-3)18-11(17-4)8(7)20-12/h5-8,11H,1-4H3,(H2,13,15)(H,14,16)/t5?,6-,7-,8-,11?/m1/s1. The van der Waals surface area contributed by atoms with Gasteiger partial charge in [0.25, 0.3) is 0 Å². The summed E-state index contributed by atoms with van der Waals surface area (Å²) in [5.41, 5.74) is 5.31. The van der Waals surface area contributed by atoms with E-state index in [1.807, 2.05) is 0 Å². The van der Waals surface area contributed by atoms with E-state index in [0.717, 1.165) is 0 Å². The van der Waals surface area contributed by atoms with Gasteiger partial charge >= 0.3 is 0 Å². The van der Waals surface area contributed by atoms with Crippen molar-refractivity contribution < 1.29 is 28.5 Å². The predicted molar refractivity (Wildman–Crippen MR) is 66.2 cm³/mol. The van der Waals surface area contributed by atoms with Crippen LogP contribution in [0.4, 0.5) is 0 Å². The molecule has 2 aliphatic heterocycles. The highest BCUT2D eigenvalue weighted by atomic mass is 16.8. The molecule has 5 atom stereocenters. The Hall–Kier alpha value is -1.22. The fourth-order valence-corrected chi connectivity index (χ4v) is 2.65. The Morgan fingerprint density at radius 3 is 2.40 bits per heavy atom. The van der Waals surface area contributed by atoms with Crippen molar-refractivity contribution in [2.75, 3.05) is 14.2 Å². The molecule has 0 aromatic carbocycles. The Balaban J connectivity index is 2.27. The molecule has 8 nitrogen and oxygen atoms in total. The van der Waals surface area contributed by atoms with Crippen LogP contribution in [0, 0.1) is 5.92 Å². The van der Waals surface area contributed by atoms with E-state index >= 15 is 0 Å². The van der Waals surface area contributed by atoms with Gasteiger partial charge in [-0.3, -0.25) is 9.59 Å². The van der Waals surface area contributed by atoms with Gasteiger partial charge in [0.1, 0.15) is 24.2 Å². The van der Waals surface area contributed by atoms with E-state index < -0.39 is 48.1 Å². The van der Waals surface area contributed by atoms with Crippen LogP contribution in [-0.2, 0) is 28.5 Å². The molecule has 0 aromatic rings. The summed E-state index contributed by atoms with van der Waals surface area (Å²) in [6.45, 7) is 3.49. The molecule has 0 bridgehead atoms.